The van der Waals surface area contributed by atoms with Crippen LogP contribution in [0.2, 0.25) is 0 Å². The number of amides is 1. The van der Waals surface area contributed by atoms with Crippen LogP contribution in [0.5, 0.6) is 0 Å². The van der Waals surface area contributed by atoms with Crippen LogP contribution in [0.3, 0.4) is 0 Å². The molecular formula is C14H28N2O4. The molecule has 2 N–H and O–H groups in total. The van der Waals surface area contributed by atoms with Crippen LogP contribution in [0.25, 0.3) is 0 Å². The Morgan fingerprint density at radius 1 is 1.55 bits per heavy atom. The van der Waals surface area contributed by atoms with Gasteiger partial charge >= 0.3 is 0 Å². The van der Waals surface area contributed by atoms with Crippen molar-refractivity contribution in [3.63, 3.8) is 0 Å². The van der Waals surface area contributed by atoms with Gasteiger partial charge < -0.3 is 24.8 Å². The minimum atomic E-state index is -0.466. The van der Waals surface area contributed by atoms with Gasteiger partial charge in [-0.05, 0) is 27.2 Å². The summed E-state index contributed by atoms with van der Waals surface area (Å²) < 4.78 is 16.4. The maximum Gasteiger partial charge on any atom is 0.248 e. The van der Waals surface area contributed by atoms with Gasteiger partial charge in [0.2, 0.25) is 5.91 Å². The molecule has 2 atom stereocenters. The smallest absolute Gasteiger partial charge is 0.248 e. The average Bonchev–Trinajstić information content (AvgIpc) is 2.39. The summed E-state index contributed by atoms with van der Waals surface area (Å²) in [6.07, 6.45) is 0.326. The van der Waals surface area contributed by atoms with Crippen molar-refractivity contribution in [2.75, 3.05) is 40.0 Å². The molecule has 1 aliphatic rings. The molecule has 1 rings (SSSR count). The van der Waals surface area contributed by atoms with E-state index in [4.69, 9.17) is 14.2 Å². The van der Waals surface area contributed by atoms with Crippen LogP contribution < -0.4 is 10.6 Å². The highest BCUT2D eigenvalue weighted by atomic mass is 16.6. The van der Waals surface area contributed by atoms with Gasteiger partial charge in [0, 0.05) is 33.4 Å². The zero-order valence-corrected chi connectivity index (χ0v) is 13.0. The van der Waals surface area contributed by atoms with Gasteiger partial charge in [-0.15, -0.1) is 0 Å². The summed E-state index contributed by atoms with van der Waals surface area (Å²) in [7, 11) is 1.65. The molecule has 1 saturated heterocycles. The van der Waals surface area contributed by atoms with Crippen molar-refractivity contribution in [1.82, 2.24) is 10.6 Å². The van der Waals surface area contributed by atoms with Gasteiger partial charge in [0.15, 0.2) is 0 Å². The van der Waals surface area contributed by atoms with Crippen molar-refractivity contribution in [2.45, 2.75) is 45.0 Å². The molecule has 2 unspecified atom stereocenters. The lowest BCUT2D eigenvalue weighted by atomic mass is 10.1. The van der Waals surface area contributed by atoms with Crippen LogP contribution in [0.4, 0.5) is 0 Å². The molecular weight excluding hydrogens is 260 g/mol. The predicted molar refractivity (Wildman–Crippen MR) is 76.7 cm³/mol. The van der Waals surface area contributed by atoms with E-state index in [2.05, 4.69) is 10.6 Å². The Balaban J connectivity index is 2.18. The van der Waals surface area contributed by atoms with Crippen LogP contribution in [-0.2, 0) is 19.0 Å². The molecule has 1 amide bonds. The van der Waals surface area contributed by atoms with E-state index in [1.165, 1.54) is 0 Å². The molecule has 0 aliphatic carbocycles. The number of hydrogen-bond acceptors (Lipinski definition) is 5. The van der Waals surface area contributed by atoms with Crippen LogP contribution >= 0.6 is 0 Å². The van der Waals surface area contributed by atoms with Crippen molar-refractivity contribution in [3.8, 4) is 0 Å². The van der Waals surface area contributed by atoms with Gasteiger partial charge in [0.05, 0.1) is 18.3 Å². The molecule has 1 aliphatic heterocycles. The van der Waals surface area contributed by atoms with E-state index in [1.54, 1.807) is 14.0 Å². The second kappa shape index (κ2) is 8.56. The van der Waals surface area contributed by atoms with E-state index in [1.807, 2.05) is 13.8 Å². The van der Waals surface area contributed by atoms with E-state index in [9.17, 15) is 4.79 Å². The van der Waals surface area contributed by atoms with Crippen molar-refractivity contribution in [1.29, 1.82) is 0 Å². The maximum atomic E-state index is 11.8. The van der Waals surface area contributed by atoms with E-state index >= 15 is 0 Å². The summed E-state index contributed by atoms with van der Waals surface area (Å²) in [6.45, 7) is 9.10. The summed E-state index contributed by atoms with van der Waals surface area (Å²) in [5.41, 5.74) is -0.183. The number of hydrogen-bond donors (Lipinski definition) is 2. The van der Waals surface area contributed by atoms with Gasteiger partial charge in [0.1, 0.15) is 6.10 Å². The summed E-state index contributed by atoms with van der Waals surface area (Å²) in [4.78, 5) is 11.8. The van der Waals surface area contributed by atoms with Gasteiger partial charge in [-0.1, -0.05) is 0 Å². The molecule has 0 aromatic heterocycles. The number of ether oxygens (including phenoxy) is 3. The zero-order valence-electron chi connectivity index (χ0n) is 13.0. The number of carbonyl (C=O) groups excluding carboxylic acids is 1. The molecule has 0 aromatic rings. The number of nitrogens with one attached hydrogen (secondary N) is 2. The SMILES string of the molecule is COCCCNC(=O)C(C)OCC1CNCC(C)(C)O1. The third-order valence-electron chi connectivity index (χ3n) is 3.13. The Morgan fingerprint density at radius 2 is 2.30 bits per heavy atom. The lowest BCUT2D eigenvalue weighted by Crippen LogP contribution is -2.52. The van der Waals surface area contributed by atoms with Crippen LogP contribution in [0, 0.1) is 0 Å². The Kier molecular flexibility index (Phi) is 7.43. The van der Waals surface area contributed by atoms with E-state index < -0.39 is 6.10 Å². The second-order valence-corrected chi connectivity index (χ2v) is 5.74. The van der Waals surface area contributed by atoms with Crippen molar-refractivity contribution >= 4 is 5.91 Å². The Hall–Kier alpha value is -0.690. The lowest BCUT2D eigenvalue weighted by molar-refractivity contribution is -0.145. The highest BCUT2D eigenvalue weighted by molar-refractivity contribution is 5.80. The third-order valence-corrected chi connectivity index (χ3v) is 3.13. The van der Waals surface area contributed by atoms with Crippen molar-refractivity contribution in [2.24, 2.45) is 0 Å². The average molecular weight is 288 g/mol. The molecule has 118 valence electrons. The Morgan fingerprint density at radius 3 is 2.95 bits per heavy atom. The van der Waals surface area contributed by atoms with Crippen LogP contribution in [-0.4, -0.2) is 63.7 Å². The minimum Gasteiger partial charge on any atom is -0.385 e. The Bertz CT molecular complexity index is 297. The normalized spacial score (nSPS) is 23.3. The molecule has 0 aromatic carbocycles. The predicted octanol–water partition coefficient (Wildman–Crippen LogP) is 0.311. The maximum absolute atomic E-state index is 11.8. The molecule has 1 heterocycles. The summed E-state index contributed by atoms with van der Waals surface area (Å²) >= 11 is 0. The van der Waals surface area contributed by atoms with Crippen LogP contribution in [0.15, 0.2) is 0 Å². The topological polar surface area (TPSA) is 68.8 Å². The molecule has 20 heavy (non-hydrogen) atoms. The molecule has 0 bridgehead atoms. The van der Waals surface area contributed by atoms with Gasteiger partial charge in [-0.3, -0.25) is 4.79 Å². The number of carbonyl (C=O) groups is 1. The number of rotatable bonds is 8. The van der Waals surface area contributed by atoms with Crippen molar-refractivity contribution < 1.29 is 19.0 Å². The summed E-state index contributed by atoms with van der Waals surface area (Å²) in [5, 5.41) is 6.13. The van der Waals surface area contributed by atoms with Gasteiger partial charge in [0.25, 0.3) is 0 Å². The highest BCUT2D eigenvalue weighted by Crippen LogP contribution is 2.15. The molecule has 6 nitrogen and oxygen atoms in total. The highest BCUT2D eigenvalue weighted by Gasteiger charge is 2.29. The second-order valence-electron chi connectivity index (χ2n) is 5.74. The zero-order chi connectivity index (χ0) is 15.0. The molecule has 6 heteroatoms. The fraction of sp³-hybridized carbons (Fsp3) is 0.929. The fourth-order valence-electron chi connectivity index (χ4n) is 2.06. The largest absolute Gasteiger partial charge is 0.385 e. The molecule has 0 saturated carbocycles. The number of morpholine rings is 1. The van der Waals surface area contributed by atoms with Crippen LogP contribution in [0.1, 0.15) is 27.2 Å². The summed E-state index contributed by atoms with van der Waals surface area (Å²) in [6, 6.07) is 0. The third kappa shape index (κ3) is 6.65. The molecule has 0 spiro atoms. The molecule has 1 fully saturated rings. The van der Waals surface area contributed by atoms with Gasteiger partial charge in [-0.25, -0.2) is 0 Å². The monoisotopic (exact) mass is 288 g/mol. The van der Waals surface area contributed by atoms with Crippen molar-refractivity contribution in [3.05, 3.63) is 0 Å². The standard InChI is InChI=1S/C14H28N2O4/c1-11(13(17)16-6-5-7-18-4)19-9-12-8-15-10-14(2,3)20-12/h11-12,15H,5-10H2,1-4H3,(H,16,17). The minimum absolute atomic E-state index is 0.0116. The lowest BCUT2D eigenvalue weighted by Gasteiger charge is -2.36. The summed E-state index contributed by atoms with van der Waals surface area (Å²) in [5.74, 6) is -0.0934. The van der Waals surface area contributed by atoms with E-state index in [0.717, 1.165) is 19.5 Å². The first-order valence-corrected chi connectivity index (χ1v) is 7.21. The van der Waals surface area contributed by atoms with E-state index in [-0.39, 0.29) is 17.6 Å². The van der Waals surface area contributed by atoms with Gasteiger partial charge in [-0.2, -0.15) is 0 Å². The first-order valence-electron chi connectivity index (χ1n) is 7.21. The quantitative estimate of drug-likeness (QED) is 0.629. The first kappa shape index (κ1) is 17.4. The Labute approximate surface area is 121 Å². The fourth-order valence-corrected chi connectivity index (χ4v) is 2.06. The number of methoxy groups -OCH3 is 1. The molecule has 0 radical (unpaired) electrons. The first-order chi connectivity index (χ1) is 9.44. The van der Waals surface area contributed by atoms with E-state index in [0.29, 0.717) is 19.8 Å².